The fourth-order valence-corrected chi connectivity index (χ4v) is 8.95. The minimum Gasteiger partial charge on any atom is -0.393 e. The SMILES string of the molecule is CC(=O)C1[C@H](CN(C)Cc2ccc(C)cc2)CC2C3CCC4=CC(=O)C=CC4(C)C3C(O)CC21C. The number of hydrogen-bond donors (Lipinski definition) is 1. The van der Waals surface area contributed by atoms with Crippen molar-refractivity contribution in [1.82, 2.24) is 4.90 Å². The second-order valence-electron chi connectivity index (χ2n) is 12.6. The Morgan fingerprint density at radius 1 is 1.20 bits per heavy atom. The Hall–Kier alpha value is -2.04. The van der Waals surface area contributed by atoms with E-state index in [2.05, 4.69) is 63.1 Å². The topological polar surface area (TPSA) is 57.6 Å². The lowest BCUT2D eigenvalue weighted by Crippen LogP contribution is -2.56. The third kappa shape index (κ3) is 4.07. The number of allylic oxidation sites excluding steroid dienone is 4. The molecule has 0 heterocycles. The van der Waals surface area contributed by atoms with E-state index in [0.29, 0.717) is 24.2 Å². The number of benzene rings is 1. The van der Waals surface area contributed by atoms with E-state index < -0.39 is 6.10 Å². The van der Waals surface area contributed by atoms with E-state index in [-0.39, 0.29) is 34.2 Å². The lowest BCUT2D eigenvalue weighted by molar-refractivity contribution is -0.138. The van der Waals surface area contributed by atoms with E-state index in [4.69, 9.17) is 0 Å². The monoisotopic (exact) mass is 475 g/mol. The molecule has 0 saturated heterocycles. The number of aryl methyl sites for hydroxylation is 1. The third-order valence-electron chi connectivity index (χ3n) is 10.2. The van der Waals surface area contributed by atoms with Gasteiger partial charge in [0.25, 0.3) is 0 Å². The number of carbonyl (C=O) groups excluding carboxylic acids is 2. The van der Waals surface area contributed by atoms with Gasteiger partial charge >= 0.3 is 0 Å². The summed E-state index contributed by atoms with van der Waals surface area (Å²) in [6, 6.07) is 8.71. The van der Waals surface area contributed by atoms with Crippen molar-refractivity contribution in [2.75, 3.05) is 13.6 Å². The highest BCUT2D eigenvalue weighted by molar-refractivity contribution is 6.01. The fourth-order valence-electron chi connectivity index (χ4n) is 8.95. The zero-order valence-electron chi connectivity index (χ0n) is 22.0. The van der Waals surface area contributed by atoms with Crippen molar-refractivity contribution in [1.29, 1.82) is 0 Å². The molecular formula is C31H41NO3. The van der Waals surface area contributed by atoms with Gasteiger partial charge in [-0.3, -0.25) is 9.59 Å². The first kappa shape index (κ1) is 24.6. The maximum absolute atomic E-state index is 13.1. The van der Waals surface area contributed by atoms with Crippen LogP contribution < -0.4 is 0 Å². The summed E-state index contributed by atoms with van der Waals surface area (Å²) in [4.78, 5) is 27.6. The van der Waals surface area contributed by atoms with Gasteiger partial charge in [0.15, 0.2) is 5.78 Å². The number of ketones is 2. The zero-order valence-corrected chi connectivity index (χ0v) is 22.0. The van der Waals surface area contributed by atoms with Crippen LogP contribution in [0.5, 0.6) is 0 Å². The number of aliphatic hydroxyl groups excluding tert-OH is 1. The van der Waals surface area contributed by atoms with Gasteiger partial charge in [-0.2, -0.15) is 0 Å². The van der Waals surface area contributed by atoms with Crippen molar-refractivity contribution in [2.45, 2.75) is 66.0 Å². The minimum absolute atomic E-state index is 0.0169. The molecule has 0 aliphatic heterocycles. The molecule has 1 aromatic carbocycles. The van der Waals surface area contributed by atoms with Gasteiger partial charge in [-0.1, -0.05) is 55.3 Å². The van der Waals surface area contributed by atoms with Crippen LogP contribution >= 0.6 is 0 Å². The van der Waals surface area contributed by atoms with Gasteiger partial charge in [-0.15, -0.1) is 0 Å². The molecule has 8 atom stereocenters. The molecule has 35 heavy (non-hydrogen) atoms. The Bertz CT molecular complexity index is 1070. The molecule has 1 N–H and O–H groups in total. The average molecular weight is 476 g/mol. The van der Waals surface area contributed by atoms with Crippen molar-refractivity contribution in [2.24, 2.45) is 40.4 Å². The van der Waals surface area contributed by atoms with Gasteiger partial charge in [-0.25, -0.2) is 0 Å². The molecule has 1 aromatic rings. The Labute approximate surface area is 210 Å². The van der Waals surface area contributed by atoms with Crippen LogP contribution in [0.15, 0.2) is 48.1 Å². The maximum Gasteiger partial charge on any atom is 0.178 e. The fraction of sp³-hybridized carbons (Fsp3) is 0.613. The second kappa shape index (κ2) is 8.81. The molecule has 0 radical (unpaired) electrons. The van der Waals surface area contributed by atoms with Crippen molar-refractivity contribution < 1.29 is 14.7 Å². The van der Waals surface area contributed by atoms with Crippen LogP contribution in [0, 0.1) is 47.3 Å². The normalized spacial score (nSPS) is 40.2. The quantitative estimate of drug-likeness (QED) is 0.641. The molecule has 5 rings (SSSR count). The van der Waals surface area contributed by atoms with Crippen LogP contribution in [-0.4, -0.2) is 41.3 Å². The van der Waals surface area contributed by atoms with Gasteiger partial charge < -0.3 is 10.0 Å². The van der Waals surface area contributed by atoms with E-state index in [1.807, 2.05) is 6.08 Å². The molecule has 0 amide bonds. The number of rotatable bonds is 5. The lowest BCUT2D eigenvalue weighted by Gasteiger charge is -2.58. The molecule has 0 bridgehead atoms. The first-order valence-electron chi connectivity index (χ1n) is 13.4. The summed E-state index contributed by atoms with van der Waals surface area (Å²) in [5.41, 5.74) is 3.32. The highest BCUT2D eigenvalue weighted by Gasteiger charge is 2.64. The molecule has 4 heteroatoms. The predicted octanol–water partition coefficient (Wildman–Crippen LogP) is 5.14. The van der Waals surface area contributed by atoms with Crippen LogP contribution in [0.4, 0.5) is 0 Å². The van der Waals surface area contributed by atoms with Gasteiger partial charge in [-0.05, 0) is 87.5 Å². The minimum atomic E-state index is -0.460. The van der Waals surface area contributed by atoms with E-state index in [1.54, 1.807) is 13.0 Å². The molecule has 7 unspecified atom stereocenters. The molecule has 4 aliphatic carbocycles. The number of carbonyl (C=O) groups is 2. The van der Waals surface area contributed by atoms with Gasteiger partial charge in [0.05, 0.1) is 6.10 Å². The summed E-state index contributed by atoms with van der Waals surface area (Å²) in [5.74, 6) is 1.54. The van der Waals surface area contributed by atoms with Crippen LogP contribution in [0.3, 0.4) is 0 Å². The Balaban J connectivity index is 1.41. The van der Waals surface area contributed by atoms with Gasteiger partial charge in [0.1, 0.15) is 5.78 Å². The summed E-state index contributed by atoms with van der Waals surface area (Å²) in [6.45, 7) is 10.2. The summed E-state index contributed by atoms with van der Waals surface area (Å²) in [7, 11) is 2.17. The largest absolute Gasteiger partial charge is 0.393 e. The Morgan fingerprint density at radius 3 is 2.60 bits per heavy atom. The number of hydrogen-bond acceptors (Lipinski definition) is 4. The van der Waals surface area contributed by atoms with Crippen LogP contribution in [0.2, 0.25) is 0 Å². The van der Waals surface area contributed by atoms with Crippen molar-refractivity contribution in [3.8, 4) is 0 Å². The molecule has 4 aliphatic rings. The van der Waals surface area contributed by atoms with Crippen LogP contribution in [-0.2, 0) is 16.1 Å². The number of Topliss-reactive ketones (excluding diaryl/α,β-unsaturated/α-hetero) is 1. The van der Waals surface area contributed by atoms with E-state index in [1.165, 1.54) is 16.7 Å². The third-order valence-corrected chi connectivity index (χ3v) is 10.2. The Morgan fingerprint density at radius 2 is 1.91 bits per heavy atom. The average Bonchev–Trinajstić information content (AvgIpc) is 3.06. The summed E-state index contributed by atoms with van der Waals surface area (Å²) in [5, 5.41) is 11.6. The molecule has 3 saturated carbocycles. The highest BCUT2D eigenvalue weighted by atomic mass is 16.3. The summed E-state index contributed by atoms with van der Waals surface area (Å²) < 4.78 is 0. The molecule has 0 aromatic heterocycles. The predicted molar refractivity (Wildman–Crippen MR) is 139 cm³/mol. The van der Waals surface area contributed by atoms with Gasteiger partial charge in [0.2, 0.25) is 0 Å². The summed E-state index contributed by atoms with van der Waals surface area (Å²) in [6.07, 6.45) is 8.75. The number of aliphatic hydroxyl groups is 1. The van der Waals surface area contributed by atoms with E-state index in [0.717, 1.165) is 32.4 Å². The zero-order chi connectivity index (χ0) is 25.1. The number of fused-ring (bicyclic) bond motifs is 5. The lowest BCUT2D eigenvalue weighted by atomic mass is 9.46. The molecule has 188 valence electrons. The Kier molecular flexibility index (Phi) is 6.21. The molecule has 3 fully saturated rings. The maximum atomic E-state index is 13.1. The van der Waals surface area contributed by atoms with Crippen molar-refractivity contribution in [3.63, 3.8) is 0 Å². The van der Waals surface area contributed by atoms with Crippen LogP contribution in [0.25, 0.3) is 0 Å². The van der Waals surface area contributed by atoms with Crippen LogP contribution in [0.1, 0.15) is 57.6 Å². The van der Waals surface area contributed by atoms with Crippen molar-refractivity contribution >= 4 is 11.6 Å². The van der Waals surface area contributed by atoms with Crippen molar-refractivity contribution in [3.05, 3.63) is 59.2 Å². The number of nitrogens with zero attached hydrogens (tertiary/aromatic N) is 1. The summed E-state index contributed by atoms with van der Waals surface area (Å²) >= 11 is 0. The van der Waals surface area contributed by atoms with E-state index >= 15 is 0 Å². The molecular weight excluding hydrogens is 434 g/mol. The van der Waals surface area contributed by atoms with Gasteiger partial charge in [0, 0.05) is 30.3 Å². The standard InChI is InChI=1S/C31H41NO3/c1-19-6-8-21(9-7-19)17-32(5)18-22-14-26-25-11-10-23-15-24(34)12-13-30(23,3)29(25)27(35)16-31(26,4)28(22)20(2)33/h6-9,12-13,15,22,25-29,35H,10-11,14,16-18H2,1-5H3/t22-,25?,26?,27?,28?,29?,30?,31?/m0/s1. The second-order valence-corrected chi connectivity index (χ2v) is 12.6. The highest BCUT2D eigenvalue weighted by Crippen LogP contribution is 2.67. The first-order chi connectivity index (χ1) is 16.5. The smallest absolute Gasteiger partial charge is 0.178 e. The molecule has 0 spiro atoms. The van der Waals surface area contributed by atoms with E-state index in [9.17, 15) is 14.7 Å². The molecule has 4 nitrogen and oxygen atoms in total. The first-order valence-corrected chi connectivity index (χ1v) is 13.4.